The SMILES string of the molecule is COCCNc1nnc(SCC(=O)NC(c2ccccc2)C2CC2)s1. The van der Waals surface area contributed by atoms with Crippen LogP contribution < -0.4 is 10.6 Å². The van der Waals surface area contributed by atoms with Gasteiger partial charge in [-0.15, -0.1) is 10.2 Å². The Labute approximate surface area is 155 Å². The van der Waals surface area contributed by atoms with Crippen LogP contribution in [0.3, 0.4) is 0 Å². The summed E-state index contributed by atoms with van der Waals surface area (Å²) in [5.41, 5.74) is 1.18. The van der Waals surface area contributed by atoms with Gasteiger partial charge in [0, 0.05) is 13.7 Å². The van der Waals surface area contributed by atoms with Crippen LogP contribution in [-0.4, -0.2) is 42.1 Å². The predicted molar refractivity (Wildman–Crippen MR) is 101 cm³/mol. The van der Waals surface area contributed by atoms with E-state index in [0.29, 0.717) is 24.8 Å². The molecule has 0 radical (unpaired) electrons. The van der Waals surface area contributed by atoms with Crippen molar-refractivity contribution < 1.29 is 9.53 Å². The third kappa shape index (κ3) is 5.69. The molecule has 0 spiro atoms. The fourth-order valence-corrected chi connectivity index (χ4v) is 4.09. The first-order valence-corrected chi connectivity index (χ1v) is 10.1. The first kappa shape index (κ1) is 18.2. The normalized spacial score (nSPS) is 14.9. The van der Waals surface area contributed by atoms with Gasteiger partial charge in [-0.05, 0) is 24.3 Å². The number of anilines is 1. The largest absolute Gasteiger partial charge is 0.383 e. The molecule has 1 amide bonds. The van der Waals surface area contributed by atoms with Gasteiger partial charge in [0.2, 0.25) is 11.0 Å². The zero-order valence-electron chi connectivity index (χ0n) is 14.1. The van der Waals surface area contributed by atoms with Crippen LogP contribution in [0.1, 0.15) is 24.4 Å². The van der Waals surface area contributed by atoms with Crippen LogP contribution in [0.25, 0.3) is 0 Å². The van der Waals surface area contributed by atoms with Crippen LogP contribution in [0.2, 0.25) is 0 Å². The van der Waals surface area contributed by atoms with Crippen molar-refractivity contribution in [1.82, 2.24) is 15.5 Å². The van der Waals surface area contributed by atoms with E-state index >= 15 is 0 Å². The maximum atomic E-state index is 12.3. The van der Waals surface area contributed by atoms with Crippen molar-refractivity contribution >= 4 is 34.1 Å². The highest BCUT2D eigenvalue weighted by atomic mass is 32.2. The van der Waals surface area contributed by atoms with Crippen LogP contribution in [0.15, 0.2) is 34.7 Å². The molecule has 6 nitrogen and oxygen atoms in total. The van der Waals surface area contributed by atoms with E-state index in [9.17, 15) is 4.79 Å². The van der Waals surface area contributed by atoms with E-state index < -0.39 is 0 Å². The van der Waals surface area contributed by atoms with Crippen molar-refractivity contribution in [2.45, 2.75) is 23.2 Å². The minimum absolute atomic E-state index is 0.0369. The van der Waals surface area contributed by atoms with E-state index in [2.05, 4.69) is 33.0 Å². The molecule has 1 aromatic heterocycles. The lowest BCUT2D eigenvalue weighted by atomic mass is 10.0. The minimum Gasteiger partial charge on any atom is -0.383 e. The summed E-state index contributed by atoms with van der Waals surface area (Å²) < 4.78 is 5.77. The van der Waals surface area contributed by atoms with Crippen LogP contribution >= 0.6 is 23.1 Å². The summed E-state index contributed by atoms with van der Waals surface area (Å²) in [6.07, 6.45) is 2.36. The molecular formula is C17H22N4O2S2. The number of thioether (sulfide) groups is 1. The Morgan fingerprint density at radius 2 is 2.16 bits per heavy atom. The second-order valence-corrected chi connectivity index (χ2v) is 8.07. The number of hydrogen-bond acceptors (Lipinski definition) is 7. The van der Waals surface area contributed by atoms with Crippen molar-refractivity contribution in [2.75, 3.05) is 31.3 Å². The summed E-state index contributed by atoms with van der Waals surface area (Å²) in [7, 11) is 1.66. The number of methoxy groups -OCH3 is 1. The Morgan fingerprint density at radius 1 is 1.36 bits per heavy atom. The van der Waals surface area contributed by atoms with Gasteiger partial charge in [-0.1, -0.05) is 53.4 Å². The third-order valence-electron chi connectivity index (χ3n) is 3.88. The lowest BCUT2D eigenvalue weighted by Crippen LogP contribution is -2.31. The highest BCUT2D eigenvalue weighted by Gasteiger charge is 2.33. The molecule has 1 heterocycles. The number of nitrogens with one attached hydrogen (secondary N) is 2. The highest BCUT2D eigenvalue weighted by Crippen LogP contribution is 2.41. The number of ether oxygens (including phenoxy) is 1. The fourth-order valence-electron chi connectivity index (χ4n) is 2.51. The molecule has 1 aromatic carbocycles. The molecule has 1 fully saturated rings. The monoisotopic (exact) mass is 378 g/mol. The maximum Gasteiger partial charge on any atom is 0.230 e. The predicted octanol–water partition coefficient (Wildman–Crippen LogP) is 2.96. The van der Waals surface area contributed by atoms with Gasteiger partial charge in [-0.2, -0.15) is 0 Å². The summed E-state index contributed by atoms with van der Waals surface area (Å²) in [4.78, 5) is 12.3. The Morgan fingerprint density at radius 3 is 2.88 bits per heavy atom. The molecule has 0 aliphatic heterocycles. The molecule has 0 bridgehead atoms. The molecule has 8 heteroatoms. The molecular weight excluding hydrogens is 356 g/mol. The van der Waals surface area contributed by atoms with Gasteiger partial charge >= 0.3 is 0 Å². The number of nitrogens with zero attached hydrogens (tertiary/aromatic N) is 2. The Hall–Kier alpha value is -1.64. The van der Waals surface area contributed by atoms with E-state index in [-0.39, 0.29) is 11.9 Å². The van der Waals surface area contributed by atoms with Crippen molar-refractivity contribution in [1.29, 1.82) is 0 Å². The van der Waals surface area contributed by atoms with Crippen LogP contribution in [0, 0.1) is 5.92 Å². The zero-order valence-corrected chi connectivity index (χ0v) is 15.7. The number of rotatable bonds is 10. The lowest BCUT2D eigenvalue weighted by molar-refractivity contribution is -0.119. The second kappa shape index (κ2) is 9.17. The van der Waals surface area contributed by atoms with Gasteiger partial charge in [0.15, 0.2) is 4.34 Å². The summed E-state index contributed by atoms with van der Waals surface area (Å²) in [6, 6.07) is 10.3. The first-order chi connectivity index (χ1) is 12.3. The molecule has 0 saturated heterocycles. The molecule has 1 aliphatic carbocycles. The van der Waals surface area contributed by atoms with Gasteiger partial charge in [-0.3, -0.25) is 4.79 Å². The second-order valence-electron chi connectivity index (χ2n) is 5.87. The highest BCUT2D eigenvalue weighted by molar-refractivity contribution is 8.01. The molecule has 3 rings (SSSR count). The fraction of sp³-hybridized carbons (Fsp3) is 0.471. The van der Waals surface area contributed by atoms with Gasteiger partial charge in [0.25, 0.3) is 0 Å². The Bertz CT molecular complexity index is 676. The van der Waals surface area contributed by atoms with Crippen molar-refractivity contribution in [3.8, 4) is 0 Å². The van der Waals surface area contributed by atoms with E-state index in [1.54, 1.807) is 7.11 Å². The molecule has 1 aliphatic rings. The molecule has 1 saturated carbocycles. The van der Waals surface area contributed by atoms with E-state index in [0.717, 1.165) is 9.47 Å². The number of amides is 1. The quantitative estimate of drug-likeness (QED) is 0.489. The van der Waals surface area contributed by atoms with Gasteiger partial charge in [-0.25, -0.2) is 0 Å². The van der Waals surface area contributed by atoms with Crippen molar-refractivity contribution in [3.63, 3.8) is 0 Å². The first-order valence-electron chi connectivity index (χ1n) is 8.29. The van der Waals surface area contributed by atoms with E-state index in [4.69, 9.17) is 4.74 Å². The molecule has 2 aromatic rings. The summed E-state index contributed by atoms with van der Waals surface area (Å²) in [5, 5.41) is 15.2. The summed E-state index contributed by atoms with van der Waals surface area (Å²) >= 11 is 2.87. The number of benzene rings is 1. The van der Waals surface area contributed by atoms with Crippen molar-refractivity contribution in [2.24, 2.45) is 5.92 Å². The van der Waals surface area contributed by atoms with Gasteiger partial charge in [0.1, 0.15) is 0 Å². The minimum atomic E-state index is 0.0369. The molecule has 1 unspecified atom stereocenters. The standard InChI is InChI=1S/C17H22N4O2S2/c1-23-10-9-18-16-20-21-17(25-16)24-11-14(22)19-15(13-7-8-13)12-5-3-2-4-6-12/h2-6,13,15H,7-11H2,1H3,(H,18,20)(H,19,22). The number of carbonyl (C=O) groups is 1. The molecule has 134 valence electrons. The van der Waals surface area contributed by atoms with Crippen LogP contribution in [0.5, 0.6) is 0 Å². The molecule has 2 N–H and O–H groups in total. The van der Waals surface area contributed by atoms with E-state index in [1.165, 1.54) is 41.5 Å². The molecule has 1 atom stereocenters. The van der Waals surface area contributed by atoms with Crippen LogP contribution in [-0.2, 0) is 9.53 Å². The number of hydrogen-bond donors (Lipinski definition) is 2. The number of carbonyl (C=O) groups excluding carboxylic acids is 1. The lowest BCUT2D eigenvalue weighted by Gasteiger charge is -2.18. The topological polar surface area (TPSA) is 76.1 Å². The Balaban J connectivity index is 1.47. The van der Waals surface area contributed by atoms with Gasteiger partial charge < -0.3 is 15.4 Å². The zero-order chi connectivity index (χ0) is 17.5. The van der Waals surface area contributed by atoms with E-state index in [1.807, 2.05) is 18.2 Å². The van der Waals surface area contributed by atoms with Crippen LogP contribution in [0.4, 0.5) is 5.13 Å². The molecule has 25 heavy (non-hydrogen) atoms. The third-order valence-corrected chi connectivity index (χ3v) is 5.90. The summed E-state index contributed by atoms with van der Waals surface area (Å²) in [5.74, 6) is 0.951. The summed E-state index contributed by atoms with van der Waals surface area (Å²) in [6.45, 7) is 1.31. The number of aromatic nitrogens is 2. The Kier molecular flexibility index (Phi) is 6.66. The smallest absolute Gasteiger partial charge is 0.230 e. The van der Waals surface area contributed by atoms with Gasteiger partial charge in [0.05, 0.1) is 18.4 Å². The van der Waals surface area contributed by atoms with Crippen molar-refractivity contribution in [3.05, 3.63) is 35.9 Å². The average molecular weight is 379 g/mol. The maximum absolute atomic E-state index is 12.3. The average Bonchev–Trinajstić information content (AvgIpc) is 3.38.